The van der Waals surface area contributed by atoms with Crippen molar-refractivity contribution in [2.24, 2.45) is 0 Å². The number of hydrogen-bond donors (Lipinski definition) is 1. The highest BCUT2D eigenvalue weighted by atomic mass is 35.5. The van der Waals surface area contributed by atoms with Gasteiger partial charge >= 0.3 is 5.97 Å². The molecule has 0 bridgehead atoms. The van der Waals surface area contributed by atoms with Gasteiger partial charge in [0.2, 0.25) is 0 Å². The van der Waals surface area contributed by atoms with Crippen molar-refractivity contribution in [2.75, 3.05) is 0 Å². The third-order valence-corrected chi connectivity index (χ3v) is 2.34. The zero-order valence-electron chi connectivity index (χ0n) is 7.26. The van der Waals surface area contributed by atoms with Crippen LogP contribution < -0.4 is 0 Å². The van der Waals surface area contributed by atoms with Crippen LogP contribution >= 0.6 is 23.2 Å². The first-order valence-corrected chi connectivity index (χ1v) is 4.57. The summed E-state index contributed by atoms with van der Waals surface area (Å²) in [5.74, 6) is -3.06. The molecule has 0 saturated carbocycles. The lowest BCUT2D eigenvalue weighted by Crippen LogP contribution is -2.09. The van der Waals surface area contributed by atoms with Gasteiger partial charge in [-0.25, -0.2) is 4.39 Å². The second-order valence-corrected chi connectivity index (χ2v) is 3.55. The second kappa shape index (κ2) is 4.59. The minimum absolute atomic E-state index is 0.00630. The van der Waals surface area contributed by atoms with Crippen molar-refractivity contribution < 1.29 is 19.1 Å². The highest BCUT2D eigenvalue weighted by Gasteiger charge is 2.17. The Kier molecular flexibility index (Phi) is 3.66. The normalized spacial score (nSPS) is 10.1. The topological polar surface area (TPSA) is 54.4 Å². The molecular formula is C9H5Cl2FO3. The monoisotopic (exact) mass is 250 g/mol. The average Bonchev–Trinajstić information content (AvgIpc) is 2.09. The molecule has 0 aliphatic carbocycles. The second-order valence-electron chi connectivity index (χ2n) is 2.74. The largest absolute Gasteiger partial charge is 0.481 e. The van der Waals surface area contributed by atoms with E-state index in [1.54, 1.807) is 0 Å². The molecule has 15 heavy (non-hydrogen) atoms. The molecule has 1 rings (SSSR count). The first kappa shape index (κ1) is 11.9. The van der Waals surface area contributed by atoms with Crippen molar-refractivity contribution in [3.63, 3.8) is 0 Å². The van der Waals surface area contributed by atoms with Gasteiger partial charge in [0, 0.05) is 0 Å². The van der Waals surface area contributed by atoms with Crippen LogP contribution in [-0.2, 0) is 4.79 Å². The summed E-state index contributed by atoms with van der Waals surface area (Å²) in [7, 11) is 0. The Morgan fingerprint density at radius 3 is 2.33 bits per heavy atom. The summed E-state index contributed by atoms with van der Waals surface area (Å²) >= 11 is 11.1. The molecule has 1 aromatic carbocycles. The molecule has 0 spiro atoms. The zero-order valence-corrected chi connectivity index (χ0v) is 8.77. The third kappa shape index (κ3) is 2.91. The Morgan fingerprint density at radius 2 is 1.80 bits per heavy atom. The number of carbonyl (C=O) groups is 2. The first-order valence-electron chi connectivity index (χ1n) is 3.81. The minimum atomic E-state index is -1.33. The Balaban J connectivity index is 3.09. The van der Waals surface area contributed by atoms with E-state index in [1.165, 1.54) is 0 Å². The molecule has 0 aliphatic heterocycles. The van der Waals surface area contributed by atoms with E-state index in [2.05, 4.69) is 0 Å². The van der Waals surface area contributed by atoms with E-state index >= 15 is 0 Å². The van der Waals surface area contributed by atoms with E-state index in [9.17, 15) is 14.0 Å². The number of aliphatic carboxylic acids is 1. The molecule has 0 amide bonds. The van der Waals surface area contributed by atoms with E-state index in [0.29, 0.717) is 0 Å². The number of carboxylic acid groups (broad SMARTS) is 1. The summed E-state index contributed by atoms with van der Waals surface area (Å²) in [5, 5.41) is 8.34. The van der Waals surface area contributed by atoms with Crippen molar-refractivity contribution >= 4 is 35.0 Å². The van der Waals surface area contributed by atoms with Crippen molar-refractivity contribution in [2.45, 2.75) is 6.42 Å². The van der Waals surface area contributed by atoms with Gasteiger partial charge in [-0.1, -0.05) is 23.2 Å². The van der Waals surface area contributed by atoms with Crippen LogP contribution in [0.25, 0.3) is 0 Å². The Morgan fingerprint density at radius 1 is 1.27 bits per heavy atom. The molecule has 3 nitrogen and oxygen atoms in total. The zero-order chi connectivity index (χ0) is 11.6. The third-order valence-electron chi connectivity index (χ3n) is 1.62. The lowest BCUT2D eigenvalue weighted by atomic mass is 10.1. The molecule has 0 heterocycles. The smallest absolute Gasteiger partial charge is 0.311 e. The van der Waals surface area contributed by atoms with Crippen molar-refractivity contribution in [1.82, 2.24) is 0 Å². The van der Waals surface area contributed by atoms with Crippen LogP contribution in [0.3, 0.4) is 0 Å². The molecule has 0 unspecified atom stereocenters. The van der Waals surface area contributed by atoms with Crippen LogP contribution in [0.2, 0.25) is 10.0 Å². The molecular weight excluding hydrogens is 246 g/mol. The van der Waals surface area contributed by atoms with Gasteiger partial charge in [0.25, 0.3) is 0 Å². The molecule has 0 atom stereocenters. The molecule has 0 aliphatic rings. The van der Waals surface area contributed by atoms with Crippen LogP contribution in [0.15, 0.2) is 12.1 Å². The van der Waals surface area contributed by atoms with Crippen LogP contribution in [0, 0.1) is 5.82 Å². The van der Waals surface area contributed by atoms with Crippen LogP contribution in [0.1, 0.15) is 16.8 Å². The number of carboxylic acids is 1. The Labute approximate surface area is 94.4 Å². The van der Waals surface area contributed by atoms with Crippen molar-refractivity contribution in [3.05, 3.63) is 33.6 Å². The van der Waals surface area contributed by atoms with E-state index in [4.69, 9.17) is 28.3 Å². The Bertz CT molecular complexity index is 432. The summed E-state index contributed by atoms with van der Waals surface area (Å²) in [6, 6.07) is 1.89. The van der Waals surface area contributed by atoms with Gasteiger partial charge in [-0.05, 0) is 12.1 Å². The van der Waals surface area contributed by atoms with E-state index in [0.717, 1.165) is 12.1 Å². The van der Waals surface area contributed by atoms with Gasteiger partial charge in [0.05, 0.1) is 15.6 Å². The van der Waals surface area contributed by atoms with Gasteiger partial charge in [0.15, 0.2) is 5.78 Å². The van der Waals surface area contributed by atoms with Crippen molar-refractivity contribution in [1.29, 1.82) is 0 Å². The highest BCUT2D eigenvalue weighted by molar-refractivity contribution is 6.42. The fourth-order valence-electron chi connectivity index (χ4n) is 0.969. The molecule has 0 aromatic heterocycles. The van der Waals surface area contributed by atoms with E-state index in [-0.39, 0.29) is 15.6 Å². The summed E-state index contributed by atoms with van der Waals surface area (Å²) in [6.07, 6.45) is -0.783. The fourth-order valence-corrected chi connectivity index (χ4v) is 1.28. The molecule has 6 heteroatoms. The number of ketones is 1. The molecule has 80 valence electrons. The lowest BCUT2D eigenvalue weighted by molar-refractivity contribution is -0.135. The van der Waals surface area contributed by atoms with Crippen molar-refractivity contribution in [3.8, 4) is 0 Å². The minimum Gasteiger partial charge on any atom is -0.481 e. The fraction of sp³-hybridized carbons (Fsp3) is 0.111. The maximum Gasteiger partial charge on any atom is 0.311 e. The first-order chi connectivity index (χ1) is 6.91. The predicted molar refractivity (Wildman–Crippen MR) is 53.0 cm³/mol. The highest BCUT2D eigenvalue weighted by Crippen LogP contribution is 2.25. The van der Waals surface area contributed by atoms with Gasteiger partial charge in [-0.2, -0.15) is 0 Å². The molecule has 1 aromatic rings. The standard InChI is InChI=1S/C9H5Cl2FO3/c10-5-1-4(7(12)2-6(5)11)8(13)3-9(14)15/h1-2H,3H2,(H,14,15). The summed E-state index contributed by atoms with van der Waals surface area (Å²) in [6.45, 7) is 0. The number of Topliss-reactive ketones (excluding diaryl/α,β-unsaturated/α-hetero) is 1. The lowest BCUT2D eigenvalue weighted by Gasteiger charge is -2.02. The number of rotatable bonds is 3. The van der Waals surface area contributed by atoms with Crippen LogP contribution in [-0.4, -0.2) is 16.9 Å². The summed E-state index contributed by atoms with van der Waals surface area (Å²) < 4.78 is 13.2. The quantitative estimate of drug-likeness (QED) is 0.510. The summed E-state index contributed by atoms with van der Waals surface area (Å²) in [5.41, 5.74) is -0.369. The van der Waals surface area contributed by atoms with Crippen LogP contribution in [0.4, 0.5) is 4.39 Å². The van der Waals surface area contributed by atoms with Gasteiger partial charge in [-0.15, -0.1) is 0 Å². The SMILES string of the molecule is O=C(O)CC(=O)c1cc(Cl)c(Cl)cc1F. The molecule has 0 radical (unpaired) electrons. The van der Waals surface area contributed by atoms with Gasteiger partial charge in [-0.3, -0.25) is 9.59 Å². The number of benzene rings is 1. The molecule has 1 N–H and O–H groups in total. The van der Waals surface area contributed by atoms with E-state index in [1.807, 2.05) is 0 Å². The average molecular weight is 251 g/mol. The maximum absolute atomic E-state index is 13.2. The number of carbonyl (C=O) groups excluding carboxylic acids is 1. The van der Waals surface area contributed by atoms with Gasteiger partial charge < -0.3 is 5.11 Å². The Hall–Kier alpha value is -1.13. The summed E-state index contributed by atoms with van der Waals surface area (Å²) in [4.78, 5) is 21.5. The number of hydrogen-bond acceptors (Lipinski definition) is 2. The number of halogens is 3. The predicted octanol–water partition coefficient (Wildman–Crippen LogP) is 2.79. The van der Waals surface area contributed by atoms with Crippen LogP contribution in [0.5, 0.6) is 0 Å². The maximum atomic E-state index is 13.2. The van der Waals surface area contributed by atoms with Gasteiger partial charge in [0.1, 0.15) is 12.2 Å². The molecule has 0 fully saturated rings. The molecule has 0 saturated heterocycles. The van der Waals surface area contributed by atoms with E-state index < -0.39 is 24.0 Å².